The number of rotatable bonds is 4. The zero-order valence-corrected chi connectivity index (χ0v) is 14.6. The highest BCUT2D eigenvalue weighted by Crippen LogP contribution is 2.37. The van der Waals surface area contributed by atoms with Gasteiger partial charge in [0.25, 0.3) is 5.91 Å². The van der Waals surface area contributed by atoms with Gasteiger partial charge in [-0.3, -0.25) is 9.69 Å². The van der Waals surface area contributed by atoms with Crippen LogP contribution < -0.4 is 15.0 Å². The second-order valence-electron chi connectivity index (χ2n) is 5.75. The molecule has 2 aromatic carbocycles. The van der Waals surface area contributed by atoms with Crippen molar-refractivity contribution in [3.63, 3.8) is 0 Å². The Morgan fingerprint density at radius 2 is 1.92 bits per heavy atom. The minimum Gasteiger partial charge on any atom is -0.494 e. The summed E-state index contributed by atoms with van der Waals surface area (Å²) in [5, 5.41) is 7.59. The molecule has 2 heterocycles. The van der Waals surface area contributed by atoms with Crippen LogP contribution >= 0.6 is 11.3 Å². The first-order valence-corrected chi connectivity index (χ1v) is 9.16. The smallest absolute Gasteiger partial charge is 0.262 e. The summed E-state index contributed by atoms with van der Waals surface area (Å²) < 4.78 is 5.51. The van der Waals surface area contributed by atoms with E-state index in [9.17, 15) is 4.79 Å². The average Bonchev–Trinajstić information content (AvgIpc) is 3.17. The molecular weight excluding hydrogens is 332 g/mol. The maximum absolute atomic E-state index is 13.2. The molecule has 25 heavy (non-hydrogen) atoms. The summed E-state index contributed by atoms with van der Waals surface area (Å²) in [4.78, 5) is 15.0. The Morgan fingerprint density at radius 3 is 2.64 bits per heavy atom. The van der Waals surface area contributed by atoms with Crippen molar-refractivity contribution in [2.45, 2.75) is 13.1 Å². The zero-order valence-electron chi connectivity index (χ0n) is 13.8. The van der Waals surface area contributed by atoms with E-state index in [1.54, 1.807) is 16.2 Å². The molecule has 1 amide bonds. The Hall–Kier alpha value is -2.79. The number of carbonyl (C=O) groups excluding carboxylic acids is 1. The van der Waals surface area contributed by atoms with Gasteiger partial charge >= 0.3 is 0 Å². The number of thiophene rings is 1. The van der Waals surface area contributed by atoms with E-state index in [4.69, 9.17) is 4.74 Å². The Labute approximate surface area is 150 Å². The van der Waals surface area contributed by atoms with Crippen LogP contribution in [0.1, 0.15) is 29.0 Å². The van der Waals surface area contributed by atoms with Gasteiger partial charge in [-0.1, -0.05) is 12.1 Å². The molecule has 1 aliphatic heterocycles. The monoisotopic (exact) mass is 350 g/mol. The van der Waals surface area contributed by atoms with Crippen LogP contribution in [0.5, 0.6) is 5.75 Å². The zero-order chi connectivity index (χ0) is 17.2. The molecule has 0 bridgehead atoms. The fourth-order valence-corrected chi connectivity index (χ4v) is 3.73. The van der Waals surface area contributed by atoms with Crippen molar-refractivity contribution in [1.29, 1.82) is 0 Å². The van der Waals surface area contributed by atoms with Gasteiger partial charge in [-0.2, -0.15) is 11.3 Å². The molecule has 0 saturated carbocycles. The van der Waals surface area contributed by atoms with Crippen LogP contribution in [0.25, 0.3) is 0 Å². The van der Waals surface area contributed by atoms with E-state index in [-0.39, 0.29) is 12.1 Å². The fraction of sp³-hybridized carbons (Fsp3) is 0.150. The number of anilines is 2. The molecule has 0 aliphatic carbocycles. The number of fused-ring (bicyclic) bond motifs is 1. The molecule has 0 fully saturated rings. The van der Waals surface area contributed by atoms with Gasteiger partial charge < -0.3 is 10.1 Å². The van der Waals surface area contributed by atoms with E-state index in [0.29, 0.717) is 12.2 Å². The summed E-state index contributed by atoms with van der Waals surface area (Å²) in [5.41, 5.74) is 3.46. The number of carbonyl (C=O) groups is 1. The van der Waals surface area contributed by atoms with E-state index in [1.165, 1.54) is 0 Å². The molecule has 4 nitrogen and oxygen atoms in total. The molecule has 126 valence electrons. The molecular formula is C20H18N2O2S. The standard InChI is InChI=1S/C20H18N2O2S/c1-2-24-16-9-7-15(8-10-16)22-19(14-11-12-25-13-14)21-18-6-4-3-5-17(18)20(22)23/h3-13,19,21H,2H2,1H3/t19-/m1/s1. The normalized spacial score (nSPS) is 16.3. The Balaban J connectivity index is 1.78. The van der Waals surface area contributed by atoms with Gasteiger partial charge in [0.15, 0.2) is 0 Å². The lowest BCUT2D eigenvalue weighted by Crippen LogP contribution is -2.43. The van der Waals surface area contributed by atoms with Crippen LogP contribution in [-0.2, 0) is 0 Å². The fourth-order valence-electron chi connectivity index (χ4n) is 3.05. The van der Waals surface area contributed by atoms with Crippen molar-refractivity contribution in [3.05, 3.63) is 76.5 Å². The maximum Gasteiger partial charge on any atom is 0.262 e. The lowest BCUT2D eigenvalue weighted by Gasteiger charge is -2.37. The topological polar surface area (TPSA) is 41.6 Å². The highest BCUT2D eigenvalue weighted by Gasteiger charge is 2.34. The van der Waals surface area contributed by atoms with Crippen LogP contribution in [0.3, 0.4) is 0 Å². The first-order chi connectivity index (χ1) is 12.3. The summed E-state index contributed by atoms with van der Waals surface area (Å²) >= 11 is 1.62. The highest BCUT2D eigenvalue weighted by atomic mass is 32.1. The molecule has 0 radical (unpaired) electrons. The van der Waals surface area contributed by atoms with Crippen LogP contribution in [0, 0.1) is 0 Å². The number of hydrogen-bond acceptors (Lipinski definition) is 4. The number of benzene rings is 2. The number of ether oxygens (including phenoxy) is 1. The van der Waals surface area contributed by atoms with Crippen molar-refractivity contribution in [1.82, 2.24) is 0 Å². The molecule has 0 unspecified atom stereocenters. The maximum atomic E-state index is 13.2. The molecule has 0 spiro atoms. The van der Waals surface area contributed by atoms with Gasteiger partial charge in [0.2, 0.25) is 0 Å². The summed E-state index contributed by atoms with van der Waals surface area (Å²) in [6, 6.07) is 17.3. The Bertz CT molecular complexity index is 875. The predicted octanol–water partition coefficient (Wildman–Crippen LogP) is 4.92. The summed E-state index contributed by atoms with van der Waals surface area (Å²) in [5.74, 6) is 0.797. The van der Waals surface area contributed by atoms with Crippen LogP contribution in [0.4, 0.5) is 11.4 Å². The summed E-state index contributed by atoms with van der Waals surface area (Å²) in [6.07, 6.45) is -0.230. The number of para-hydroxylation sites is 1. The number of amides is 1. The minimum atomic E-state index is -0.230. The molecule has 3 aromatic rings. The van der Waals surface area contributed by atoms with Crippen molar-refractivity contribution in [2.75, 3.05) is 16.8 Å². The van der Waals surface area contributed by atoms with Crippen LogP contribution in [0.15, 0.2) is 65.4 Å². The van der Waals surface area contributed by atoms with Gasteiger partial charge in [-0.15, -0.1) is 0 Å². The predicted molar refractivity (Wildman–Crippen MR) is 102 cm³/mol. The highest BCUT2D eigenvalue weighted by molar-refractivity contribution is 7.08. The lowest BCUT2D eigenvalue weighted by molar-refractivity contribution is 0.0975. The Morgan fingerprint density at radius 1 is 1.12 bits per heavy atom. The van der Waals surface area contributed by atoms with Crippen LogP contribution in [-0.4, -0.2) is 12.5 Å². The molecule has 0 saturated heterocycles. The molecule has 1 atom stereocenters. The van der Waals surface area contributed by atoms with Gasteiger partial charge in [0.1, 0.15) is 11.9 Å². The van der Waals surface area contributed by atoms with Crippen molar-refractivity contribution in [2.24, 2.45) is 0 Å². The largest absolute Gasteiger partial charge is 0.494 e. The summed E-state index contributed by atoms with van der Waals surface area (Å²) in [6.45, 7) is 2.57. The van der Waals surface area contributed by atoms with Gasteiger partial charge in [0.05, 0.1) is 12.2 Å². The quantitative estimate of drug-likeness (QED) is 0.726. The first kappa shape index (κ1) is 15.7. The van der Waals surface area contributed by atoms with Gasteiger partial charge in [-0.05, 0) is 60.1 Å². The second kappa shape index (κ2) is 6.61. The number of nitrogens with zero attached hydrogens (tertiary/aromatic N) is 1. The SMILES string of the molecule is CCOc1ccc(N2C(=O)c3ccccc3N[C@H]2c2ccsc2)cc1. The van der Waals surface area contributed by atoms with Gasteiger partial charge in [-0.25, -0.2) is 0 Å². The molecule has 5 heteroatoms. The Kier molecular flexibility index (Phi) is 4.15. The van der Waals surface area contributed by atoms with Crippen molar-refractivity contribution in [3.8, 4) is 5.75 Å². The van der Waals surface area contributed by atoms with Crippen LogP contribution in [0.2, 0.25) is 0 Å². The van der Waals surface area contributed by atoms with E-state index in [2.05, 4.69) is 10.7 Å². The molecule has 1 aliphatic rings. The minimum absolute atomic E-state index is 0.00490. The third-order valence-corrected chi connectivity index (χ3v) is 4.91. The second-order valence-corrected chi connectivity index (χ2v) is 6.53. The van der Waals surface area contributed by atoms with Crippen molar-refractivity contribution < 1.29 is 9.53 Å². The van der Waals surface area contributed by atoms with E-state index < -0.39 is 0 Å². The molecule has 4 rings (SSSR count). The van der Waals surface area contributed by atoms with E-state index in [1.807, 2.05) is 66.9 Å². The summed E-state index contributed by atoms with van der Waals surface area (Å²) in [7, 11) is 0. The van der Waals surface area contributed by atoms with Crippen molar-refractivity contribution >= 4 is 28.6 Å². The van der Waals surface area contributed by atoms with Gasteiger partial charge in [0, 0.05) is 16.9 Å². The average molecular weight is 350 g/mol. The number of hydrogen-bond donors (Lipinski definition) is 1. The number of nitrogens with one attached hydrogen (secondary N) is 1. The van der Waals surface area contributed by atoms with E-state index >= 15 is 0 Å². The van der Waals surface area contributed by atoms with E-state index in [0.717, 1.165) is 22.7 Å². The molecule has 1 aromatic heterocycles. The third kappa shape index (κ3) is 2.87. The lowest BCUT2D eigenvalue weighted by atomic mass is 10.0. The first-order valence-electron chi connectivity index (χ1n) is 8.22. The third-order valence-electron chi connectivity index (χ3n) is 4.21. The molecule has 1 N–H and O–H groups in total.